The molecule has 1 rings (SSSR count). The first-order chi connectivity index (χ1) is 4.73. The van der Waals surface area contributed by atoms with Crippen LogP contribution >= 0.6 is 0 Å². The van der Waals surface area contributed by atoms with Crippen molar-refractivity contribution < 1.29 is 4.74 Å². The molecule has 0 aromatic carbocycles. The van der Waals surface area contributed by atoms with Crippen molar-refractivity contribution in [2.75, 3.05) is 6.61 Å². The molecule has 0 aromatic rings. The Labute approximate surface area is 63.8 Å². The van der Waals surface area contributed by atoms with Gasteiger partial charge in [0.15, 0.2) is 0 Å². The molecule has 1 heteroatoms. The molecule has 2 atom stereocenters. The highest BCUT2D eigenvalue weighted by Gasteiger charge is 2.36. The van der Waals surface area contributed by atoms with Crippen molar-refractivity contribution in [3.63, 3.8) is 0 Å². The van der Waals surface area contributed by atoms with Gasteiger partial charge in [0, 0.05) is 6.61 Å². The van der Waals surface area contributed by atoms with E-state index in [1.165, 1.54) is 12.8 Å². The molecule has 0 N–H and O–H groups in total. The Morgan fingerprint density at radius 2 is 2.40 bits per heavy atom. The van der Waals surface area contributed by atoms with Crippen LogP contribution in [0.25, 0.3) is 0 Å². The van der Waals surface area contributed by atoms with Crippen LogP contribution in [0.5, 0.6) is 0 Å². The van der Waals surface area contributed by atoms with Crippen molar-refractivity contribution in [1.29, 1.82) is 0 Å². The second-order valence-electron chi connectivity index (χ2n) is 3.30. The van der Waals surface area contributed by atoms with Gasteiger partial charge in [0.2, 0.25) is 0 Å². The maximum Gasteiger partial charge on any atom is 0.0683 e. The summed E-state index contributed by atoms with van der Waals surface area (Å²) in [5.74, 6) is 0.741. The normalized spacial score (nSPS) is 40.5. The minimum atomic E-state index is 0.0920. The molecule has 1 heterocycles. The van der Waals surface area contributed by atoms with Gasteiger partial charge in [-0.25, -0.2) is 0 Å². The van der Waals surface area contributed by atoms with E-state index in [1.54, 1.807) is 0 Å². The fraction of sp³-hybridized carbons (Fsp3) is 0.889. The van der Waals surface area contributed by atoms with E-state index in [9.17, 15) is 0 Å². The van der Waals surface area contributed by atoms with E-state index in [-0.39, 0.29) is 5.60 Å². The summed E-state index contributed by atoms with van der Waals surface area (Å²) in [6.45, 7) is 9.26. The van der Waals surface area contributed by atoms with E-state index in [0.717, 1.165) is 18.9 Å². The Balaban J connectivity index is 2.56. The highest BCUT2D eigenvalue weighted by molar-refractivity contribution is 4.88. The number of hydrogen-bond acceptors (Lipinski definition) is 1. The monoisotopic (exact) mass is 141 g/mol. The first-order valence-electron chi connectivity index (χ1n) is 4.16. The van der Waals surface area contributed by atoms with Gasteiger partial charge in [-0.3, -0.25) is 0 Å². The zero-order chi connectivity index (χ0) is 7.61. The summed E-state index contributed by atoms with van der Waals surface area (Å²) in [6, 6.07) is 0. The summed E-state index contributed by atoms with van der Waals surface area (Å²) >= 11 is 0. The second kappa shape index (κ2) is 2.91. The highest BCUT2D eigenvalue weighted by Crippen LogP contribution is 2.36. The van der Waals surface area contributed by atoms with Crippen molar-refractivity contribution >= 4 is 0 Å². The molecule has 1 fully saturated rings. The van der Waals surface area contributed by atoms with Crippen LogP contribution in [0.1, 0.15) is 33.1 Å². The number of hydrogen-bond donors (Lipinski definition) is 0. The van der Waals surface area contributed by atoms with Crippen LogP contribution in [0, 0.1) is 12.8 Å². The predicted octanol–water partition coefficient (Wildman–Crippen LogP) is 2.42. The van der Waals surface area contributed by atoms with Gasteiger partial charge in [0.1, 0.15) is 0 Å². The van der Waals surface area contributed by atoms with Crippen molar-refractivity contribution in [2.45, 2.75) is 38.7 Å². The lowest BCUT2D eigenvalue weighted by Crippen LogP contribution is -2.30. The standard InChI is InChI=1S/C9H17O/c1-4-8-6-7-10-9(8,3)5-2/h8H,2,4-7H2,1,3H3. The Kier molecular flexibility index (Phi) is 2.35. The van der Waals surface area contributed by atoms with Gasteiger partial charge in [-0.05, 0) is 25.7 Å². The molecule has 59 valence electrons. The van der Waals surface area contributed by atoms with Gasteiger partial charge in [0.05, 0.1) is 5.60 Å². The fourth-order valence-electron chi connectivity index (χ4n) is 1.77. The maximum atomic E-state index is 5.63. The molecule has 0 amide bonds. The molecule has 0 aromatic heterocycles. The topological polar surface area (TPSA) is 9.23 Å². The third-order valence-corrected chi connectivity index (χ3v) is 2.75. The Morgan fingerprint density at radius 1 is 1.70 bits per heavy atom. The minimum absolute atomic E-state index is 0.0920. The van der Waals surface area contributed by atoms with Crippen LogP contribution in [-0.4, -0.2) is 12.2 Å². The van der Waals surface area contributed by atoms with Crippen LogP contribution in [0.3, 0.4) is 0 Å². The van der Waals surface area contributed by atoms with Crippen LogP contribution in [0.2, 0.25) is 0 Å². The lowest BCUT2D eigenvalue weighted by molar-refractivity contribution is -0.00420. The summed E-state index contributed by atoms with van der Waals surface area (Å²) in [6.07, 6.45) is 3.36. The van der Waals surface area contributed by atoms with Crippen molar-refractivity contribution in [1.82, 2.24) is 0 Å². The third-order valence-electron chi connectivity index (χ3n) is 2.75. The summed E-state index contributed by atoms with van der Waals surface area (Å²) in [5, 5.41) is 0. The average Bonchev–Trinajstić information content (AvgIpc) is 2.32. The Morgan fingerprint density at radius 3 is 2.80 bits per heavy atom. The molecule has 0 bridgehead atoms. The van der Waals surface area contributed by atoms with Gasteiger partial charge in [-0.1, -0.05) is 20.3 Å². The van der Waals surface area contributed by atoms with Crippen molar-refractivity contribution in [3.05, 3.63) is 6.92 Å². The van der Waals surface area contributed by atoms with Gasteiger partial charge in [-0.15, -0.1) is 0 Å². The fourth-order valence-corrected chi connectivity index (χ4v) is 1.77. The van der Waals surface area contributed by atoms with Crippen molar-refractivity contribution in [3.8, 4) is 0 Å². The van der Waals surface area contributed by atoms with E-state index in [2.05, 4.69) is 20.8 Å². The van der Waals surface area contributed by atoms with E-state index in [0.29, 0.717) is 0 Å². The highest BCUT2D eigenvalue weighted by atomic mass is 16.5. The van der Waals surface area contributed by atoms with Gasteiger partial charge >= 0.3 is 0 Å². The predicted molar refractivity (Wildman–Crippen MR) is 42.7 cm³/mol. The summed E-state index contributed by atoms with van der Waals surface area (Å²) < 4.78 is 5.63. The molecule has 2 unspecified atom stereocenters. The molecule has 0 aliphatic carbocycles. The van der Waals surface area contributed by atoms with E-state index >= 15 is 0 Å². The van der Waals surface area contributed by atoms with Crippen LogP contribution in [-0.2, 0) is 4.74 Å². The first-order valence-corrected chi connectivity index (χ1v) is 4.16. The molecule has 0 spiro atoms. The second-order valence-corrected chi connectivity index (χ2v) is 3.30. The lowest BCUT2D eigenvalue weighted by Gasteiger charge is -2.28. The molecule has 1 aliphatic rings. The van der Waals surface area contributed by atoms with Crippen LogP contribution < -0.4 is 0 Å². The zero-order valence-electron chi connectivity index (χ0n) is 7.02. The minimum Gasteiger partial charge on any atom is -0.375 e. The molecule has 1 saturated heterocycles. The molecule has 1 radical (unpaired) electrons. The SMILES string of the molecule is [CH2]CC1(C)OCCC1CC. The van der Waals surface area contributed by atoms with Crippen LogP contribution in [0.4, 0.5) is 0 Å². The largest absolute Gasteiger partial charge is 0.375 e. The molecule has 1 nitrogen and oxygen atoms in total. The molecular formula is C9H17O. The Hall–Kier alpha value is -0.0400. The average molecular weight is 141 g/mol. The van der Waals surface area contributed by atoms with Crippen molar-refractivity contribution in [2.24, 2.45) is 5.92 Å². The molecular weight excluding hydrogens is 124 g/mol. The smallest absolute Gasteiger partial charge is 0.0683 e. The van der Waals surface area contributed by atoms with E-state index in [1.807, 2.05) is 0 Å². The molecule has 0 saturated carbocycles. The van der Waals surface area contributed by atoms with Gasteiger partial charge in [0.25, 0.3) is 0 Å². The van der Waals surface area contributed by atoms with Crippen LogP contribution in [0.15, 0.2) is 0 Å². The summed E-state index contributed by atoms with van der Waals surface area (Å²) in [5.41, 5.74) is 0.0920. The lowest BCUT2D eigenvalue weighted by atomic mass is 9.85. The maximum absolute atomic E-state index is 5.63. The van der Waals surface area contributed by atoms with Gasteiger partial charge in [-0.2, -0.15) is 0 Å². The zero-order valence-corrected chi connectivity index (χ0v) is 7.02. The van der Waals surface area contributed by atoms with E-state index in [4.69, 9.17) is 4.74 Å². The first kappa shape index (κ1) is 8.06. The summed E-state index contributed by atoms with van der Waals surface area (Å²) in [7, 11) is 0. The number of rotatable bonds is 2. The number of ether oxygens (including phenoxy) is 1. The third kappa shape index (κ3) is 1.20. The molecule has 1 aliphatic heterocycles. The quantitative estimate of drug-likeness (QED) is 0.574. The van der Waals surface area contributed by atoms with E-state index < -0.39 is 0 Å². The summed E-state index contributed by atoms with van der Waals surface area (Å²) in [4.78, 5) is 0. The Bertz CT molecular complexity index is 111. The van der Waals surface area contributed by atoms with Gasteiger partial charge < -0.3 is 4.74 Å². The molecule has 10 heavy (non-hydrogen) atoms.